The van der Waals surface area contributed by atoms with E-state index in [-0.39, 0.29) is 6.61 Å². The Bertz CT molecular complexity index is 138. The molecule has 1 fully saturated rings. The fourth-order valence-corrected chi connectivity index (χ4v) is 2.97. The molecule has 1 aliphatic rings. The Hall–Kier alpha value is 0.270. The van der Waals surface area contributed by atoms with Crippen LogP contribution in [0.4, 0.5) is 0 Å². The van der Waals surface area contributed by atoms with E-state index in [9.17, 15) is 0 Å². The van der Waals surface area contributed by atoms with Gasteiger partial charge in [0.25, 0.3) is 0 Å². The normalized spacial score (nSPS) is 28.8. The minimum atomic E-state index is 0.252. The molecule has 2 N–H and O–H groups in total. The summed E-state index contributed by atoms with van der Waals surface area (Å²) in [5.41, 5.74) is 0.468. The highest BCUT2D eigenvalue weighted by atomic mass is 32.2. The molecule has 0 amide bonds. The van der Waals surface area contributed by atoms with Crippen molar-refractivity contribution >= 4 is 11.8 Å². The lowest BCUT2D eigenvalue weighted by Crippen LogP contribution is -2.41. The summed E-state index contributed by atoms with van der Waals surface area (Å²) in [5.74, 6) is 2.47. The molecule has 1 rings (SSSR count). The molecule has 1 atom stereocenters. The van der Waals surface area contributed by atoms with Crippen molar-refractivity contribution in [3.63, 3.8) is 0 Å². The predicted molar refractivity (Wildman–Crippen MR) is 54.6 cm³/mol. The first-order valence-corrected chi connectivity index (χ1v) is 5.71. The lowest BCUT2D eigenvalue weighted by Gasteiger charge is -2.35. The quantitative estimate of drug-likeness (QED) is 0.697. The molecule has 1 aliphatic heterocycles. The van der Waals surface area contributed by atoms with Crippen molar-refractivity contribution in [2.45, 2.75) is 26.3 Å². The first-order valence-electron chi connectivity index (χ1n) is 4.56. The molecule has 0 saturated carbocycles. The Kier molecular flexibility index (Phi) is 3.87. The van der Waals surface area contributed by atoms with Crippen LogP contribution in [-0.4, -0.2) is 35.8 Å². The van der Waals surface area contributed by atoms with Crippen molar-refractivity contribution in [1.82, 2.24) is 5.32 Å². The number of rotatable bonds is 3. The second-order valence-corrected chi connectivity index (χ2v) is 5.29. The van der Waals surface area contributed by atoms with Crippen molar-refractivity contribution < 1.29 is 5.11 Å². The van der Waals surface area contributed by atoms with Gasteiger partial charge < -0.3 is 10.4 Å². The van der Waals surface area contributed by atoms with Gasteiger partial charge in [0.05, 0.1) is 6.61 Å². The van der Waals surface area contributed by atoms with E-state index in [1.54, 1.807) is 0 Å². The molecule has 0 aromatic carbocycles. The van der Waals surface area contributed by atoms with Gasteiger partial charge in [0.1, 0.15) is 0 Å². The Morgan fingerprint density at radius 3 is 2.92 bits per heavy atom. The molecule has 1 unspecified atom stereocenters. The fraction of sp³-hybridized carbons (Fsp3) is 1.00. The Morgan fingerprint density at radius 2 is 2.33 bits per heavy atom. The van der Waals surface area contributed by atoms with Crippen LogP contribution in [-0.2, 0) is 0 Å². The third-order valence-electron chi connectivity index (χ3n) is 2.16. The van der Waals surface area contributed by atoms with E-state index in [0.29, 0.717) is 11.5 Å². The van der Waals surface area contributed by atoms with E-state index in [1.165, 1.54) is 17.9 Å². The van der Waals surface area contributed by atoms with E-state index in [0.717, 1.165) is 6.54 Å². The Balaban J connectivity index is 2.26. The minimum Gasteiger partial charge on any atom is -0.395 e. The summed E-state index contributed by atoms with van der Waals surface area (Å²) in [5, 5.41) is 12.0. The summed E-state index contributed by atoms with van der Waals surface area (Å²) >= 11 is 2.02. The molecule has 0 aromatic heterocycles. The first-order chi connectivity index (χ1) is 5.64. The number of aliphatic hydroxyl groups is 1. The number of thioether (sulfide) groups is 1. The SMILES string of the molecule is CC1(C)CSCC(NCCO)C1. The zero-order valence-corrected chi connectivity index (χ0v) is 8.78. The summed E-state index contributed by atoms with van der Waals surface area (Å²) in [6.07, 6.45) is 1.24. The fourth-order valence-electron chi connectivity index (χ4n) is 1.66. The average Bonchev–Trinajstić information content (AvgIpc) is 1.99. The second-order valence-electron chi connectivity index (χ2n) is 4.26. The maximum absolute atomic E-state index is 8.66. The summed E-state index contributed by atoms with van der Waals surface area (Å²) in [6.45, 7) is 5.61. The molecular formula is C9H19NOS. The second kappa shape index (κ2) is 4.49. The van der Waals surface area contributed by atoms with Crippen LogP contribution in [0.15, 0.2) is 0 Å². The molecule has 12 heavy (non-hydrogen) atoms. The van der Waals surface area contributed by atoms with Crippen LogP contribution in [0.3, 0.4) is 0 Å². The van der Waals surface area contributed by atoms with Crippen molar-refractivity contribution in [3.05, 3.63) is 0 Å². The molecule has 3 heteroatoms. The molecule has 0 aromatic rings. The number of hydrogen-bond acceptors (Lipinski definition) is 3. The van der Waals surface area contributed by atoms with E-state index >= 15 is 0 Å². The standard InChI is InChI=1S/C9H19NOS/c1-9(2)5-8(6-12-7-9)10-3-4-11/h8,10-11H,3-7H2,1-2H3. The highest BCUT2D eigenvalue weighted by Crippen LogP contribution is 2.33. The van der Waals surface area contributed by atoms with Crippen LogP contribution in [0.25, 0.3) is 0 Å². The topological polar surface area (TPSA) is 32.3 Å². The van der Waals surface area contributed by atoms with Gasteiger partial charge in [0.15, 0.2) is 0 Å². The first kappa shape index (κ1) is 10.4. The largest absolute Gasteiger partial charge is 0.395 e. The predicted octanol–water partition coefficient (Wildman–Crippen LogP) is 1.10. The molecule has 0 bridgehead atoms. The van der Waals surface area contributed by atoms with Gasteiger partial charge in [-0.2, -0.15) is 11.8 Å². The highest BCUT2D eigenvalue weighted by Gasteiger charge is 2.27. The van der Waals surface area contributed by atoms with Crippen molar-refractivity contribution in [1.29, 1.82) is 0 Å². The van der Waals surface area contributed by atoms with Crippen LogP contribution in [0.2, 0.25) is 0 Å². The minimum absolute atomic E-state index is 0.252. The van der Waals surface area contributed by atoms with Crippen LogP contribution in [0, 0.1) is 5.41 Å². The van der Waals surface area contributed by atoms with Crippen molar-refractivity contribution in [2.24, 2.45) is 5.41 Å². The summed E-state index contributed by atoms with van der Waals surface area (Å²) in [7, 11) is 0. The third-order valence-corrected chi connectivity index (χ3v) is 3.78. The van der Waals surface area contributed by atoms with E-state index in [2.05, 4.69) is 19.2 Å². The molecule has 0 spiro atoms. The Labute approximate surface area is 79.1 Å². The van der Waals surface area contributed by atoms with Gasteiger partial charge >= 0.3 is 0 Å². The van der Waals surface area contributed by atoms with Crippen LogP contribution in [0.1, 0.15) is 20.3 Å². The monoisotopic (exact) mass is 189 g/mol. The molecule has 0 aliphatic carbocycles. The molecule has 0 radical (unpaired) electrons. The molecule has 2 nitrogen and oxygen atoms in total. The maximum atomic E-state index is 8.66. The number of aliphatic hydroxyl groups excluding tert-OH is 1. The zero-order valence-electron chi connectivity index (χ0n) is 7.97. The van der Waals surface area contributed by atoms with Gasteiger partial charge in [0, 0.05) is 18.3 Å². The van der Waals surface area contributed by atoms with Crippen LogP contribution in [0.5, 0.6) is 0 Å². The van der Waals surface area contributed by atoms with Crippen molar-refractivity contribution in [2.75, 3.05) is 24.7 Å². The van der Waals surface area contributed by atoms with Gasteiger partial charge in [-0.25, -0.2) is 0 Å². The number of hydrogen-bond donors (Lipinski definition) is 2. The highest BCUT2D eigenvalue weighted by molar-refractivity contribution is 7.99. The summed E-state index contributed by atoms with van der Waals surface area (Å²) in [6, 6.07) is 0.603. The molecule has 1 heterocycles. The van der Waals surface area contributed by atoms with Gasteiger partial charge in [-0.15, -0.1) is 0 Å². The van der Waals surface area contributed by atoms with Gasteiger partial charge in [0.2, 0.25) is 0 Å². The van der Waals surface area contributed by atoms with Gasteiger partial charge in [-0.05, 0) is 17.6 Å². The lowest BCUT2D eigenvalue weighted by atomic mass is 9.88. The Morgan fingerprint density at radius 1 is 1.58 bits per heavy atom. The molecule has 72 valence electrons. The zero-order chi connectivity index (χ0) is 9.03. The third kappa shape index (κ3) is 3.33. The van der Waals surface area contributed by atoms with Gasteiger partial charge in [-0.1, -0.05) is 13.8 Å². The molecule has 1 saturated heterocycles. The van der Waals surface area contributed by atoms with E-state index in [1.807, 2.05) is 11.8 Å². The van der Waals surface area contributed by atoms with Crippen molar-refractivity contribution in [3.8, 4) is 0 Å². The van der Waals surface area contributed by atoms with Gasteiger partial charge in [-0.3, -0.25) is 0 Å². The van der Waals surface area contributed by atoms with E-state index in [4.69, 9.17) is 5.11 Å². The number of nitrogens with one attached hydrogen (secondary N) is 1. The van der Waals surface area contributed by atoms with E-state index < -0.39 is 0 Å². The van der Waals surface area contributed by atoms with Crippen LogP contribution >= 0.6 is 11.8 Å². The van der Waals surface area contributed by atoms with Crippen LogP contribution < -0.4 is 5.32 Å². The average molecular weight is 189 g/mol. The molecular weight excluding hydrogens is 170 g/mol. The summed E-state index contributed by atoms with van der Waals surface area (Å²) in [4.78, 5) is 0. The lowest BCUT2D eigenvalue weighted by molar-refractivity contribution is 0.265. The summed E-state index contributed by atoms with van der Waals surface area (Å²) < 4.78 is 0. The maximum Gasteiger partial charge on any atom is 0.0556 e. The smallest absolute Gasteiger partial charge is 0.0556 e.